The average molecular weight is 491 g/mol. The standard InChI is InChI=1S/C25H25F3N2O3S/c1-18-17-22(29-21-9-11-23(12-10-21)33-25(26,27)28)15-16-30(18)34(31,32)24-13-7-20(8-14-24)19-5-3-2-4-6-19/h2-14,18,22,29H,15-17H2,1H3. The quantitative estimate of drug-likeness (QED) is 0.467. The molecule has 0 saturated carbocycles. The number of ether oxygens (including phenoxy) is 1. The van der Waals surface area contributed by atoms with E-state index < -0.39 is 16.4 Å². The summed E-state index contributed by atoms with van der Waals surface area (Å²) in [6.45, 7) is 2.21. The van der Waals surface area contributed by atoms with Crippen molar-refractivity contribution in [2.24, 2.45) is 0 Å². The molecule has 3 aromatic carbocycles. The van der Waals surface area contributed by atoms with Crippen LogP contribution in [0.2, 0.25) is 0 Å². The van der Waals surface area contributed by atoms with Crippen LogP contribution in [0.15, 0.2) is 83.8 Å². The van der Waals surface area contributed by atoms with Crippen LogP contribution in [-0.2, 0) is 10.0 Å². The zero-order valence-corrected chi connectivity index (χ0v) is 19.3. The van der Waals surface area contributed by atoms with Crippen molar-refractivity contribution in [3.8, 4) is 16.9 Å². The summed E-state index contributed by atoms with van der Waals surface area (Å²) in [6, 6.07) is 21.9. The highest BCUT2D eigenvalue weighted by Gasteiger charge is 2.35. The van der Waals surface area contributed by atoms with Gasteiger partial charge in [-0.15, -0.1) is 13.2 Å². The van der Waals surface area contributed by atoms with Crippen LogP contribution in [0, 0.1) is 0 Å². The number of halogens is 3. The largest absolute Gasteiger partial charge is 0.573 e. The molecule has 0 bridgehead atoms. The molecule has 1 N–H and O–H groups in total. The second-order valence-electron chi connectivity index (χ2n) is 8.29. The van der Waals surface area contributed by atoms with Gasteiger partial charge in [0.05, 0.1) is 4.90 Å². The number of benzene rings is 3. The van der Waals surface area contributed by atoms with E-state index in [1.807, 2.05) is 49.4 Å². The summed E-state index contributed by atoms with van der Waals surface area (Å²) >= 11 is 0. The Balaban J connectivity index is 1.39. The molecular weight excluding hydrogens is 465 g/mol. The first-order chi connectivity index (χ1) is 16.1. The summed E-state index contributed by atoms with van der Waals surface area (Å²) in [5.41, 5.74) is 2.62. The normalized spacial score (nSPS) is 19.5. The highest BCUT2D eigenvalue weighted by molar-refractivity contribution is 7.89. The highest BCUT2D eigenvalue weighted by Crippen LogP contribution is 2.30. The molecule has 0 spiro atoms. The minimum absolute atomic E-state index is 0.00343. The van der Waals surface area contributed by atoms with Gasteiger partial charge in [-0.1, -0.05) is 42.5 Å². The summed E-state index contributed by atoms with van der Waals surface area (Å²) in [5.74, 6) is -0.286. The van der Waals surface area contributed by atoms with E-state index in [4.69, 9.17) is 0 Å². The minimum Gasteiger partial charge on any atom is -0.406 e. The van der Waals surface area contributed by atoms with Crippen molar-refractivity contribution in [3.05, 3.63) is 78.9 Å². The Labute approximate surface area is 197 Å². The van der Waals surface area contributed by atoms with Crippen LogP contribution < -0.4 is 10.1 Å². The fraction of sp³-hybridized carbons (Fsp3) is 0.280. The van der Waals surface area contributed by atoms with Crippen LogP contribution in [0.1, 0.15) is 19.8 Å². The molecule has 1 saturated heterocycles. The summed E-state index contributed by atoms with van der Waals surface area (Å²) in [7, 11) is -3.65. The fourth-order valence-electron chi connectivity index (χ4n) is 4.21. The van der Waals surface area contributed by atoms with Gasteiger partial charge in [-0.2, -0.15) is 4.31 Å². The predicted octanol–water partition coefficient (Wildman–Crippen LogP) is 5.91. The fourth-order valence-corrected chi connectivity index (χ4v) is 5.87. The minimum atomic E-state index is -4.73. The van der Waals surface area contributed by atoms with Crippen molar-refractivity contribution in [2.75, 3.05) is 11.9 Å². The molecule has 0 radical (unpaired) electrons. The lowest BCUT2D eigenvalue weighted by atomic mass is 10.0. The third-order valence-corrected chi connectivity index (χ3v) is 7.87. The summed E-state index contributed by atoms with van der Waals surface area (Å²) < 4.78 is 68.9. The molecule has 0 amide bonds. The van der Waals surface area contributed by atoms with Gasteiger partial charge >= 0.3 is 6.36 Å². The van der Waals surface area contributed by atoms with Crippen LogP contribution >= 0.6 is 0 Å². The molecular formula is C25H25F3N2O3S. The molecule has 1 heterocycles. The molecule has 1 fully saturated rings. The number of rotatable bonds is 6. The van der Waals surface area contributed by atoms with Crippen molar-refractivity contribution in [3.63, 3.8) is 0 Å². The molecule has 4 rings (SSSR count). The second kappa shape index (κ2) is 9.68. The summed E-state index contributed by atoms with van der Waals surface area (Å²) in [5, 5.41) is 3.28. The Kier molecular flexibility index (Phi) is 6.86. The number of hydrogen-bond donors (Lipinski definition) is 1. The van der Waals surface area contributed by atoms with Crippen molar-refractivity contribution in [2.45, 2.75) is 43.1 Å². The molecule has 1 aliphatic heterocycles. The first-order valence-corrected chi connectivity index (χ1v) is 12.4. The van der Waals surface area contributed by atoms with Crippen LogP contribution in [0.3, 0.4) is 0 Å². The van der Waals surface area contributed by atoms with Gasteiger partial charge in [-0.3, -0.25) is 0 Å². The first kappa shape index (κ1) is 24.1. The van der Waals surface area contributed by atoms with Crippen molar-refractivity contribution in [1.82, 2.24) is 4.31 Å². The van der Waals surface area contributed by atoms with E-state index in [0.717, 1.165) is 11.1 Å². The maximum atomic E-state index is 13.3. The molecule has 34 heavy (non-hydrogen) atoms. The lowest BCUT2D eigenvalue weighted by Gasteiger charge is -2.37. The molecule has 3 aromatic rings. The number of hydrogen-bond acceptors (Lipinski definition) is 4. The molecule has 180 valence electrons. The van der Waals surface area contributed by atoms with Crippen LogP contribution in [-0.4, -0.2) is 37.7 Å². The van der Waals surface area contributed by atoms with Gasteiger partial charge < -0.3 is 10.1 Å². The van der Waals surface area contributed by atoms with Crippen LogP contribution in [0.25, 0.3) is 11.1 Å². The number of nitrogens with zero attached hydrogens (tertiary/aromatic N) is 1. The Morgan fingerprint density at radius 2 is 1.53 bits per heavy atom. The number of alkyl halides is 3. The lowest BCUT2D eigenvalue weighted by Crippen LogP contribution is -2.47. The smallest absolute Gasteiger partial charge is 0.406 e. The van der Waals surface area contributed by atoms with E-state index >= 15 is 0 Å². The summed E-state index contributed by atoms with van der Waals surface area (Å²) in [4.78, 5) is 0.255. The summed E-state index contributed by atoms with van der Waals surface area (Å²) in [6.07, 6.45) is -3.58. The maximum absolute atomic E-state index is 13.3. The first-order valence-electron chi connectivity index (χ1n) is 10.9. The molecule has 0 aromatic heterocycles. The Bertz CT molecular complexity index is 1200. The van der Waals surface area contributed by atoms with E-state index in [2.05, 4.69) is 10.1 Å². The van der Waals surface area contributed by atoms with Gasteiger partial charge in [0.2, 0.25) is 10.0 Å². The number of nitrogens with one attached hydrogen (secondary N) is 1. The van der Waals surface area contributed by atoms with E-state index in [-0.39, 0.29) is 22.7 Å². The van der Waals surface area contributed by atoms with Crippen molar-refractivity contribution < 1.29 is 26.3 Å². The zero-order valence-electron chi connectivity index (χ0n) is 18.5. The lowest BCUT2D eigenvalue weighted by molar-refractivity contribution is -0.274. The Morgan fingerprint density at radius 1 is 0.912 bits per heavy atom. The van der Waals surface area contributed by atoms with Gasteiger partial charge in [0.1, 0.15) is 5.75 Å². The molecule has 0 aliphatic carbocycles. The number of sulfonamides is 1. The Hall–Kier alpha value is -3.04. The van der Waals surface area contributed by atoms with E-state index in [9.17, 15) is 21.6 Å². The van der Waals surface area contributed by atoms with Gasteiger partial charge in [-0.25, -0.2) is 8.42 Å². The molecule has 9 heteroatoms. The molecule has 5 nitrogen and oxygen atoms in total. The van der Waals surface area contributed by atoms with Gasteiger partial charge in [0.25, 0.3) is 0 Å². The third kappa shape index (κ3) is 5.71. The van der Waals surface area contributed by atoms with Gasteiger partial charge in [0, 0.05) is 24.3 Å². The Morgan fingerprint density at radius 3 is 2.12 bits per heavy atom. The molecule has 1 aliphatic rings. The number of anilines is 1. The van der Waals surface area contributed by atoms with Gasteiger partial charge in [-0.05, 0) is 67.3 Å². The molecule has 2 unspecified atom stereocenters. The maximum Gasteiger partial charge on any atom is 0.573 e. The van der Waals surface area contributed by atoms with Crippen molar-refractivity contribution in [1.29, 1.82) is 0 Å². The van der Waals surface area contributed by atoms with Crippen LogP contribution in [0.5, 0.6) is 5.75 Å². The highest BCUT2D eigenvalue weighted by atomic mass is 32.2. The third-order valence-electron chi connectivity index (χ3n) is 5.84. The predicted molar refractivity (Wildman–Crippen MR) is 125 cm³/mol. The van der Waals surface area contributed by atoms with E-state index in [1.54, 1.807) is 12.1 Å². The monoisotopic (exact) mass is 490 g/mol. The SMILES string of the molecule is CC1CC(Nc2ccc(OC(F)(F)F)cc2)CCN1S(=O)(=O)c1ccc(-c2ccccc2)cc1. The van der Waals surface area contributed by atoms with E-state index in [1.165, 1.54) is 28.6 Å². The second-order valence-corrected chi connectivity index (χ2v) is 10.2. The van der Waals surface area contributed by atoms with Crippen molar-refractivity contribution >= 4 is 15.7 Å². The number of piperidine rings is 1. The van der Waals surface area contributed by atoms with E-state index in [0.29, 0.717) is 25.1 Å². The average Bonchev–Trinajstić information content (AvgIpc) is 2.80. The van der Waals surface area contributed by atoms with Crippen LogP contribution in [0.4, 0.5) is 18.9 Å². The molecule has 2 atom stereocenters. The van der Waals surface area contributed by atoms with Gasteiger partial charge in [0.15, 0.2) is 0 Å². The topological polar surface area (TPSA) is 58.6 Å². The zero-order chi connectivity index (χ0) is 24.3.